The zero-order valence-electron chi connectivity index (χ0n) is 28.2. The molecule has 3 atom stereocenters. The second-order valence-corrected chi connectivity index (χ2v) is 15.7. The number of sulfonamides is 1. The second-order valence-electron chi connectivity index (χ2n) is 12.8. The number of carbonyl (C=O) groups excluding carboxylic acids is 2. The largest absolute Gasteiger partial charge is 0.444 e. The van der Waals surface area contributed by atoms with Crippen LogP contribution in [0.1, 0.15) is 37.1 Å². The molecule has 1 fully saturated rings. The number of rotatable bonds is 14. The molecule has 4 aromatic rings. The lowest BCUT2D eigenvalue weighted by Crippen LogP contribution is -2.52. The van der Waals surface area contributed by atoms with E-state index in [1.807, 2.05) is 51.2 Å². The summed E-state index contributed by atoms with van der Waals surface area (Å²) in [6, 6.07) is 12.8. The van der Waals surface area contributed by atoms with Gasteiger partial charge in [-0.1, -0.05) is 44.2 Å². The van der Waals surface area contributed by atoms with E-state index >= 15 is 0 Å². The minimum atomic E-state index is -4.23. The lowest BCUT2D eigenvalue weighted by Gasteiger charge is -2.35. The number of benzene rings is 2. The summed E-state index contributed by atoms with van der Waals surface area (Å²) in [4.78, 5) is 38.4. The summed E-state index contributed by atoms with van der Waals surface area (Å²) in [5.74, 6) is -0.383. The van der Waals surface area contributed by atoms with Gasteiger partial charge in [0.15, 0.2) is 5.58 Å². The van der Waals surface area contributed by atoms with Crippen molar-refractivity contribution in [2.75, 3.05) is 45.2 Å². The van der Waals surface area contributed by atoms with Crippen molar-refractivity contribution in [3.05, 3.63) is 70.7 Å². The summed E-state index contributed by atoms with van der Waals surface area (Å²) in [6.07, 6.45) is 1.46. The number of hydrogen-bond acceptors (Lipinski definition) is 11. The molecular weight excluding hydrogens is 669 g/mol. The van der Waals surface area contributed by atoms with E-state index < -0.39 is 28.3 Å². The summed E-state index contributed by atoms with van der Waals surface area (Å²) in [6.45, 7) is 5.27. The van der Waals surface area contributed by atoms with E-state index in [0.717, 1.165) is 29.8 Å². The van der Waals surface area contributed by atoms with E-state index in [0.29, 0.717) is 12.1 Å². The van der Waals surface area contributed by atoms with Crippen molar-refractivity contribution < 1.29 is 32.3 Å². The zero-order valence-corrected chi connectivity index (χ0v) is 29.8. The van der Waals surface area contributed by atoms with Crippen LogP contribution in [0.15, 0.2) is 69.6 Å². The summed E-state index contributed by atoms with van der Waals surface area (Å²) < 4.78 is 41.5. The number of oxazole rings is 1. The van der Waals surface area contributed by atoms with Gasteiger partial charge in [-0.15, -0.1) is 11.3 Å². The standard InChI is InChI=1S/C34H44N6O7S2/c1-23(2)19-40(29(15-24-9-6-5-7-10-24)30(41)18-36-34(43)46-21-26-17-35-22-48-26)49(44,45)27-12-13-28-31(16-27)47-33(37-28)39(4)32(42)25-11-8-14-38(3)20-25/h5-7,9-10,12-13,16-17,22-23,25,29-30,41H,8,11,14-15,18-21H2,1-4H3,(H,36,43). The van der Waals surface area contributed by atoms with Crippen molar-refractivity contribution in [3.8, 4) is 0 Å². The van der Waals surface area contributed by atoms with Gasteiger partial charge in [-0.25, -0.2) is 13.2 Å². The summed E-state index contributed by atoms with van der Waals surface area (Å²) in [7, 11) is -0.628. The molecule has 1 aliphatic rings. The molecule has 3 unspecified atom stereocenters. The number of likely N-dealkylation sites (tertiary alicyclic amines) is 1. The number of ether oxygens (including phenoxy) is 1. The Balaban J connectivity index is 1.39. The van der Waals surface area contributed by atoms with Crippen molar-refractivity contribution in [2.45, 2.75) is 56.8 Å². The molecule has 2 aromatic heterocycles. The smallest absolute Gasteiger partial charge is 0.407 e. The van der Waals surface area contributed by atoms with Crippen LogP contribution in [0.3, 0.4) is 0 Å². The third-order valence-electron chi connectivity index (χ3n) is 8.48. The fourth-order valence-electron chi connectivity index (χ4n) is 5.95. The Labute approximate surface area is 290 Å². The van der Waals surface area contributed by atoms with Crippen molar-refractivity contribution in [1.82, 2.24) is 24.5 Å². The van der Waals surface area contributed by atoms with E-state index in [1.54, 1.807) is 24.8 Å². The Morgan fingerprint density at radius 3 is 2.67 bits per heavy atom. The average molecular weight is 713 g/mol. The first-order valence-electron chi connectivity index (χ1n) is 16.3. The number of fused-ring (bicyclic) bond motifs is 1. The number of alkyl carbamates (subject to hydrolysis) is 1. The normalized spacial score (nSPS) is 16.9. The number of thiazole rings is 1. The van der Waals surface area contributed by atoms with Gasteiger partial charge >= 0.3 is 12.1 Å². The molecule has 2 amide bonds. The van der Waals surface area contributed by atoms with Crippen LogP contribution in [0.2, 0.25) is 0 Å². The van der Waals surface area contributed by atoms with E-state index in [4.69, 9.17) is 9.15 Å². The maximum Gasteiger partial charge on any atom is 0.407 e. The molecule has 5 rings (SSSR count). The van der Waals surface area contributed by atoms with Crippen LogP contribution in [-0.2, 0) is 32.6 Å². The fraction of sp³-hybridized carbons (Fsp3) is 0.471. The van der Waals surface area contributed by atoms with Gasteiger partial charge < -0.3 is 24.5 Å². The Hall–Kier alpha value is -3.89. The highest BCUT2D eigenvalue weighted by Crippen LogP contribution is 2.30. The molecule has 1 aliphatic heterocycles. The monoisotopic (exact) mass is 712 g/mol. The molecule has 3 heterocycles. The first-order chi connectivity index (χ1) is 23.4. The van der Waals surface area contributed by atoms with Gasteiger partial charge in [0, 0.05) is 38.9 Å². The molecule has 0 aliphatic carbocycles. The van der Waals surface area contributed by atoms with Crippen LogP contribution in [0, 0.1) is 11.8 Å². The maximum atomic E-state index is 14.5. The molecule has 13 nitrogen and oxygen atoms in total. The SMILES string of the molecule is CC(C)CN(C(Cc1ccccc1)C(O)CNC(=O)OCc1cncs1)S(=O)(=O)c1ccc2nc(N(C)C(=O)C3CCCN(C)C3)oc2c1. The van der Waals surface area contributed by atoms with Gasteiger partial charge in [0.2, 0.25) is 15.9 Å². The van der Waals surface area contributed by atoms with Gasteiger partial charge in [-0.05, 0) is 56.5 Å². The minimum Gasteiger partial charge on any atom is -0.444 e. The predicted octanol–water partition coefficient (Wildman–Crippen LogP) is 4.13. The molecule has 0 radical (unpaired) electrons. The van der Waals surface area contributed by atoms with Gasteiger partial charge in [0.05, 0.1) is 33.3 Å². The van der Waals surface area contributed by atoms with Crippen molar-refractivity contribution in [3.63, 3.8) is 0 Å². The Bertz CT molecular complexity index is 1800. The number of amides is 2. The first-order valence-corrected chi connectivity index (χ1v) is 18.6. The van der Waals surface area contributed by atoms with Crippen LogP contribution in [0.4, 0.5) is 10.8 Å². The van der Waals surface area contributed by atoms with Crippen molar-refractivity contribution >= 4 is 50.5 Å². The van der Waals surface area contributed by atoms with Gasteiger partial charge in [0.1, 0.15) is 12.1 Å². The molecule has 2 N–H and O–H groups in total. The Kier molecular flexibility index (Phi) is 12.0. The number of nitrogens with one attached hydrogen (secondary N) is 1. The number of carbonyl (C=O) groups is 2. The quantitative estimate of drug-likeness (QED) is 0.195. The highest BCUT2D eigenvalue weighted by Gasteiger charge is 2.37. The predicted molar refractivity (Wildman–Crippen MR) is 187 cm³/mol. The van der Waals surface area contributed by atoms with Gasteiger partial charge in [-0.2, -0.15) is 9.29 Å². The van der Waals surface area contributed by atoms with Crippen LogP contribution < -0.4 is 10.2 Å². The van der Waals surface area contributed by atoms with Crippen molar-refractivity contribution in [1.29, 1.82) is 0 Å². The second kappa shape index (κ2) is 16.2. The number of aliphatic hydroxyl groups is 1. The molecule has 264 valence electrons. The lowest BCUT2D eigenvalue weighted by molar-refractivity contribution is -0.123. The molecule has 1 saturated heterocycles. The fourth-order valence-corrected chi connectivity index (χ4v) is 8.29. The maximum absolute atomic E-state index is 14.5. The Morgan fingerprint density at radius 2 is 1.98 bits per heavy atom. The zero-order chi connectivity index (χ0) is 35.1. The molecule has 0 saturated carbocycles. The summed E-state index contributed by atoms with van der Waals surface area (Å²) in [5.41, 5.74) is 3.07. The van der Waals surface area contributed by atoms with Crippen LogP contribution >= 0.6 is 11.3 Å². The average Bonchev–Trinajstić information content (AvgIpc) is 3.77. The van der Waals surface area contributed by atoms with Gasteiger partial charge in [-0.3, -0.25) is 14.7 Å². The summed E-state index contributed by atoms with van der Waals surface area (Å²) in [5, 5.41) is 14.1. The molecule has 0 spiro atoms. The van der Waals surface area contributed by atoms with Crippen LogP contribution in [0.25, 0.3) is 11.1 Å². The van der Waals surface area contributed by atoms with E-state index in [1.165, 1.54) is 32.7 Å². The number of piperidine rings is 1. The molecule has 49 heavy (non-hydrogen) atoms. The number of aromatic nitrogens is 2. The topological polar surface area (TPSA) is 158 Å². The van der Waals surface area contributed by atoms with Crippen LogP contribution in [0.5, 0.6) is 0 Å². The molecular formula is C34H44N6O7S2. The Morgan fingerprint density at radius 1 is 1.20 bits per heavy atom. The molecule has 0 bridgehead atoms. The number of anilines is 1. The summed E-state index contributed by atoms with van der Waals surface area (Å²) >= 11 is 1.35. The van der Waals surface area contributed by atoms with E-state index in [9.17, 15) is 23.1 Å². The van der Waals surface area contributed by atoms with E-state index in [-0.39, 0.29) is 60.4 Å². The third-order valence-corrected chi connectivity index (χ3v) is 11.1. The highest BCUT2D eigenvalue weighted by molar-refractivity contribution is 7.89. The van der Waals surface area contributed by atoms with Gasteiger partial charge in [0.25, 0.3) is 0 Å². The lowest BCUT2D eigenvalue weighted by atomic mass is 9.97. The number of hydrogen-bond donors (Lipinski definition) is 2. The third kappa shape index (κ3) is 9.22. The van der Waals surface area contributed by atoms with Crippen molar-refractivity contribution in [2.24, 2.45) is 11.8 Å². The first kappa shape index (κ1) is 36.4. The molecule has 2 aromatic carbocycles. The highest BCUT2D eigenvalue weighted by atomic mass is 32.2. The minimum absolute atomic E-state index is 0.0294. The van der Waals surface area contributed by atoms with E-state index in [2.05, 4.69) is 20.2 Å². The number of nitrogens with zero attached hydrogens (tertiary/aromatic N) is 5. The number of aliphatic hydroxyl groups excluding tert-OH is 1. The van der Waals surface area contributed by atoms with Crippen LogP contribution in [-0.4, -0.2) is 97.1 Å². The molecule has 15 heteroatoms.